The lowest BCUT2D eigenvalue weighted by atomic mass is 10.1. The van der Waals surface area contributed by atoms with Gasteiger partial charge in [0.25, 0.3) is 0 Å². The number of thiophene rings is 1. The second-order valence-corrected chi connectivity index (χ2v) is 6.04. The maximum atomic E-state index is 9.41. The van der Waals surface area contributed by atoms with Gasteiger partial charge in [-0.3, -0.25) is 9.80 Å². The van der Waals surface area contributed by atoms with Gasteiger partial charge in [0.05, 0.1) is 6.10 Å². The average Bonchev–Trinajstić information content (AvgIpc) is 2.74. The van der Waals surface area contributed by atoms with Crippen molar-refractivity contribution in [2.75, 3.05) is 26.2 Å². The fourth-order valence-corrected chi connectivity index (χ4v) is 3.18. The molecule has 0 aromatic carbocycles. The van der Waals surface area contributed by atoms with Crippen LogP contribution in [0.3, 0.4) is 0 Å². The smallest absolute Gasteiger partial charge is 0.0639 e. The van der Waals surface area contributed by atoms with E-state index in [4.69, 9.17) is 0 Å². The molecule has 17 heavy (non-hydrogen) atoms. The Kier molecular flexibility index (Phi) is 4.56. The summed E-state index contributed by atoms with van der Waals surface area (Å²) in [5.74, 6) is 0. The molecule has 96 valence electrons. The van der Waals surface area contributed by atoms with Crippen molar-refractivity contribution in [1.29, 1.82) is 0 Å². The number of piperazine rings is 1. The molecule has 2 atom stereocenters. The van der Waals surface area contributed by atoms with E-state index in [1.165, 1.54) is 4.88 Å². The quantitative estimate of drug-likeness (QED) is 0.885. The van der Waals surface area contributed by atoms with Gasteiger partial charge in [0.15, 0.2) is 0 Å². The van der Waals surface area contributed by atoms with Gasteiger partial charge in [0, 0.05) is 43.6 Å². The third-order valence-corrected chi connectivity index (χ3v) is 4.17. The normalized spacial score (nSPS) is 25.0. The standard InChI is InChI=1S/C13H22N2OS/c1-11-8-14(9-12(2)16)5-6-15(11)10-13-4-3-7-17-13/h3-4,7,11-12,16H,5-6,8-10H2,1-2H3/t11-,12+/m0/s1. The Labute approximate surface area is 108 Å². The number of nitrogens with zero attached hydrogens (tertiary/aromatic N) is 2. The summed E-state index contributed by atoms with van der Waals surface area (Å²) in [6.07, 6.45) is -0.217. The van der Waals surface area contributed by atoms with Crippen LogP contribution in [0.5, 0.6) is 0 Å². The molecule has 1 fully saturated rings. The first-order valence-corrected chi connectivity index (χ1v) is 7.20. The second-order valence-electron chi connectivity index (χ2n) is 5.01. The number of rotatable bonds is 4. The SMILES string of the molecule is C[C@@H](O)CN1CCN(Cc2cccs2)[C@@H](C)C1. The van der Waals surface area contributed by atoms with E-state index < -0.39 is 0 Å². The maximum absolute atomic E-state index is 9.41. The Hall–Kier alpha value is -0.420. The van der Waals surface area contributed by atoms with Gasteiger partial charge in [-0.25, -0.2) is 0 Å². The minimum atomic E-state index is -0.217. The van der Waals surface area contributed by atoms with Crippen molar-refractivity contribution < 1.29 is 5.11 Å². The lowest BCUT2D eigenvalue weighted by Gasteiger charge is -2.40. The zero-order valence-corrected chi connectivity index (χ0v) is 11.5. The lowest BCUT2D eigenvalue weighted by Crippen LogP contribution is -2.52. The van der Waals surface area contributed by atoms with Gasteiger partial charge in [-0.15, -0.1) is 11.3 Å². The summed E-state index contributed by atoms with van der Waals surface area (Å²) in [5.41, 5.74) is 0. The Morgan fingerprint density at radius 2 is 2.35 bits per heavy atom. The van der Waals surface area contributed by atoms with Crippen molar-refractivity contribution in [1.82, 2.24) is 9.80 Å². The Bertz CT molecular complexity index is 326. The topological polar surface area (TPSA) is 26.7 Å². The van der Waals surface area contributed by atoms with E-state index in [1.54, 1.807) is 0 Å². The summed E-state index contributed by atoms with van der Waals surface area (Å²) < 4.78 is 0. The summed E-state index contributed by atoms with van der Waals surface area (Å²) in [6.45, 7) is 9.26. The highest BCUT2D eigenvalue weighted by atomic mass is 32.1. The summed E-state index contributed by atoms with van der Waals surface area (Å²) in [4.78, 5) is 6.34. The molecule has 0 bridgehead atoms. The number of aliphatic hydroxyl groups excluding tert-OH is 1. The molecule has 0 aliphatic carbocycles. The summed E-state index contributed by atoms with van der Waals surface area (Å²) in [7, 11) is 0. The molecule has 0 amide bonds. The Morgan fingerprint density at radius 3 is 2.94 bits per heavy atom. The monoisotopic (exact) mass is 254 g/mol. The van der Waals surface area contributed by atoms with Crippen molar-refractivity contribution in [3.8, 4) is 0 Å². The second kappa shape index (κ2) is 5.96. The molecule has 3 nitrogen and oxygen atoms in total. The van der Waals surface area contributed by atoms with Gasteiger partial charge in [-0.1, -0.05) is 6.07 Å². The summed E-state index contributed by atoms with van der Waals surface area (Å²) in [6, 6.07) is 4.90. The van der Waals surface area contributed by atoms with Crippen molar-refractivity contribution >= 4 is 11.3 Å². The number of aliphatic hydroxyl groups is 1. The maximum Gasteiger partial charge on any atom is 0.0639 e. The van der Waals surface area contributed by atoms with E-state index in [-0.39, 0.29) is 6.10 Å². The van der Waals surface area contributed by atoms with Crippen molar-refractivity contribution in [3.63, 3.8) is 0 Å². The molecule has 2 rings (SSSR count). The van der Waals surface area contributed by atoms with E-state index in [9.17, 15) is 5.11 Å². The highest BCUT2D eigenvalue weighted by Crippen LogP contribution is 2.17. The van der Waals surface area contributed by atoms with Crippen LogP contribution in [0.15, 0.2) is 17.5 Å². The van der Waals surface area contributed by atoms with Crippen LogP contribution in [-0.4, -0.2) is 53.2 Å². The average molecular weight is 254 g/mol. The first-order chi connectivity index (χ1) is 8.15. The molecule has 0 saturated carbocycles. The van der Waals surface area contributed by atoms with E-state index in [1.807, 2.05) is 18.3 Å². The van der Waals surface area contributed by atoms with Gasteiger partial charge >= 0.3 is 0 Å². The summed E-state index contributed by atoms with van der Waals surface area (Å²) in [5, 5.41) is 11.6. The van der Waals surface area contributed by atoms with Crippen LogP contribution < -0.4 is 0 Å². The Morgan fingerprint density at radius 1 is 1.53 bits per heavy atom. The fraction of sp³-hybridized carbons (Fsp3) is 0.692. The number of hydrogen-bond acceptors (Lipinski definition) is 4. The molecule has 0 unspecified atom stereocenters. The van der Waals surface area contributed by atoms with Crippen LogP contribution in [-0.2, 0) is 6.54 Å². The zero-order valence-electron chi connectivity index (χ0n) is 10.7. The third-order valence-electron chi connectivity index (χ3n) is 3.31. The van der Waals surface area contributed by atoms with Crippen LogP contribution in [0.2, 0.25) is 0 Å². The van der Waals surface area contributed by atoms with E-state index in [2.05, 4.69) is 34.2 Å². The van der Waals surface area contributed by atoms with Crippen molar-refractivity contribution in [2.24, 2.45) is 0 Å². The van der Waals surface area contributed by atoms with E-state index in [0.29, 0.717) is 6.04 Å². The third kappa shape index (κ3) is 3.78. The van der Waals surface area contributed by atoms with Crippen molar-refractivity contribution in [3.05, 3.63) is 22.4 Å². The van der Waals surface area contributed by atoms with Gasteiger partial charge in [0.2, 0.25) is 0 Å². The molecular weight excluding hydrogens is 232 g/mol. The summed E-state index contributed by atoms with van der Waals surface area (Å²) >= 11 is 1.83. The molecule has 1 N–H and O–H groups in total. The highest BCUT2D eigenvalue weighted by molar-refractivity contribution is 7.09. The predicted molar refractivity (Wildman–Crippen MR) is 72.3 cm³/mol. The molecule has 2 heterocycles. The van der Waals surface area contributed by atoms with Gasteiger partial charge in [0.1, 0.15) is 0 Å². The van der Waals surface area contributed by atoms with Gasteiger partial charge < -0.3 is 5.11 Å². The van der Waals surface area contributed by atoms with Crippen LogP contribution >= 0.6 is 11.3 Å². The van der Waals surface area contributed by atoms with Gasteiger partial charge in [-0.2, -0.15) is 0 Å². The lowest BCUT2D eigenvalue weighted by molar-refractivity contribution is 0.0477. The zero-order chi connectivity index (χ0) is 12.3. The molecule has 0 radical (unpaired) electrons. The van der Waals surface area contributed by atoms with Crippen LogP contribution in [0.25, 0.3) is 0 Å². The van der Waals surface area contributed by atoms with Crippen LogP contribution in [0.1, 0.15) is 18.7 Å². The number of β-amino-alcohol motifs (C(OH)–C–C–N with tert-alkyl or cyclic N) is 1. The molecule has 4 heteroatoms. The van der Waals surface area contributed by atoms with E-state index in [0.717, 1.165) is 32.7 Å². The molecule has 1 aliphatic rings. The molecule has 1 saturated heterocycles. The molecular formula is C13H22N2OS. The van der Waals surface area contributed by atoms with Gasteiger partial charge in [-0.05, 0) is 25.3 Å². The minimum absolute atomic E-state index is 0.217. The fourth-order valence-electron chi connectivity index (χ4n) is 2.45. The first kappa shape index (κ1) is 13.0. The van der Waals surface area contributed by atoms with Crippen LogP contribution in [0, 0.1) is 0 Å². The highest BCUT2D eigenvalue weighted by Gasteiger charge is 2.24. The molecule has 1 aromatic heterocycles. The molecule has 0 spiro atoms. The largest absolute Gasteiger partial charge is 0.392 e. The van der Waals surface area contributed by atoms with Crippen LogP contribution in [0.4, 0.5) is 0 Å². The van der Waals surface area contributed by atoms with Crippen molar-refractivity contribution in [2.45, 2.75) is 32.5 Å². The Balaban J connectivity index is 1.83. The van der Waals surface area contributed by atoms with E-state index >= 15 is 0 Å². The minimum Gasteiger partial charge on any atom is -0.392 e. The molecule has 1 aromatic rings. The predicted octanol–water partition coefficient (Wildman–Crippen LogP) is 1.64. The molecule has 1 aliphatic heterocycles. The first-order valence-electron chi connectivity index (χ1n) is 6.32. The number of hydrogen-bond donors (Lipinski definition) is 1.